The van der Waals surface area contributed by atoms with Crippen LogP contribution in [0.25, 0.3) is 0 Å². The maximum absolute atomic E-state index is 14.1. The lowest BCUT2D eigenvalue weighted by molar-refractivity contribution is 0.0714. The fourth-order valence-electron chi connectivity index (χ4n) is 3.51. The second-order valence-electron chi connectivity index (χ2n) is 7.18. The molecule has 1 fully saturated rings. The van der Waals surface area contributed by atoms with Crippen molar-refractivity contribution in [3.05, 3.63) is 82.5 Å². The van der Waals surface area contributed by atoms with Gasteiger partial charge in [-0.25, -0.2) is 4.39 Å². The summed E-state index contributed by atoms with van der Waals surface area (Å²) < 4.78 is 19.3. The molecule has 2 heterocycles. The minimum Gasteiger partial charge on any atom is -0.459 e. The van der Waals surface area contributed by atoms with Gasteiger partial charge in [-0.15, -0.1) is 0 Å². The van der Waals surface area contributed by atoms with Gasteiger partial charge in [0.05, 0.1) is 34.2 Å². The highest BCUT2D eigenvalue weighted by molar-refractivity contribution is 6.33. The van der Waals surface area contributed by atoms with E-state index in [9.17, 15) is 14.0 Å². The zero-order chi connectivity index (χ0) is 22.7. The van der Waals surface area contributed by atoms with Crippen LogP contribution in [0.5, 0.6) is 0 Å². The molecular weight excluding hydrogens is 435 g/mol. The van der Waals surface area contributed by atoms with Gasteiger partial charge in [0, 0.05) is 31.9 Å². The summed E-state index contributed by atoms with van der Waals surface area (Å²) in [6.45, 7) is 2.22. The average molecular weight is 453 g/mol. The van der Waals surface area contributed by atoms with Crippen molar-refractivity contribution in [2.45, 2.75) is 0 Å². The number of carbonyl (C=O) groups is 2. The van der Waals surface area contributed by atoms with Crippen LogP contribution < -0.4 is 10.2 Å². The maximum Gasteiger partial charge on any atom is 0.289 e. The van der Waals surface area contributed by atoms with E-state index in [-0.39, 0.29) is 17.0 Å². The Morgan fingerprint density at radius 3 is 2.50 bits per heavy atom. The van der Waals surface area contributed by atoms with Crippen LogP contribution in [0.4, 0.5) is 15.8 Å². The Bertz CT molecular complexity index is 1200. The lowest BCUT2D eigenvalue weighted by Crippen LogP contribution is -2.48. The molecule has 1 aliphatic heterocycles. The highest BCUT2D eigenvalue weighted by Gasteiger charge is 2.25. The molecule has 32 heavy (non-hydrogen) atoms. The summed E-state index contributed by atoms with van der Waals surface area (Å²) in [4.78, 5) is 28.6. The number of hydrogen-bond acceptors (Lipinski definition) is 5. The van der Waals surface area contributed by atoms with Crippen LogP contribution in [0.3, 0.4) is 0 Å². The van der Waals surface area contributed by atoms with Gasteiger partial charge in [-0.2, -0.15) is 5.26 Å². The average Bonchev–Trinajstić information content (AvgIpc) is 3.33. The van der Waals surface area contributed by atoms with Crippen LogP contribution in [0, 0.1) is 17.1 Å². The lowest BCUT2D eigenvalue weighted by Gasteiger charge is -2.36. The number of nitrogens with zero attached hydrogens (tertiary/aromatic N) is 3. The molecule has 9 heteroatoms. The normalized spacial score (nSPS) is 13.5. The van der Waals surface area contributed by atoms with E-state index in [0.29, 0.717) is 42.6 Å². The molecule has 0 aliphatic carbocycles. The van der Waals surface area contributed by atoms with Gasteiger partial charge in [-0.1, -0.05) is 11.6 Å². The van der Waals surface area contributed by atoms with Crippen molar-refractivity contribution in [1.29, 1.82) is 5.26 Å². The van der Waals surface area contributed by atoms with Crippen molar-refractivity contribution in [3.8, 4) is 6.07 Å². The molecule has 1 N–H and O–H groups in total. The quantitative estimate of drug-likeness (QED) is 0.642. The third-order valence-electron chi connectivity index (χ3n) is 5.19. The number of nitriles is 1. The number of furan rings is 1. The first-order chi connectivity index (χ1) is 15.5. The number of nitrogens with one attached hydrogen (secondary N) is 1. The van der Waals surface area contributed by atoms with Crippen molar-refractivity contribution < 1.29 is 18.4 Å². The SMILES string of the molecule is N#Cc1ccc(C(=O)Nc2ccc(N3CCN(C(=O)c4ccco4)CC3)c(Cl)c2)c(F)c1. The highest BCUT2D eigenvalue weighted by Crippen LogP contribution is 2.30. The largest absolute Gasteiger partial charge is 0.459 e. The number of anilines is 2. The molecule has 1 saturated heterocycles. The molecule has 0 saturated carbocycles. The molecule has 1 aliphatic rings. The first-order valence-corrected chi connectivity index (χ1v) is 10.2. The van der Waals surface area contributed by atoms with E-state index >= 15 is 0 Å². The van der Waals surface area contributed by atoms with Crippen LogP contribution in [0.1, 0.15) is 26.5 Å². The van der Waals surface area contributed by atoms with Gasteiger partial charge >= 0.3 is 0 Å². The van der Waals surface area contributed by atoms with Crippen LogP contribution in [0.2, 0.25) is 5.02 Å². The van der Waals surface area contributed by atoms with Crippen molar-refractivity contribution in [1.82, 2.24) is 4.90 Å². The molecule has 0 spiro atoms. The van der Waals surface area contributed by atoms with Gasteiger partial charge in [-0.05, 0) is 48.5 Å². The molecule has 0 bridgehead atoms. The number of piperazine rings is 1. The molecule has 4 rings (SSSR count). The Balaban J connectivity index is 1.40. The standard InChI is InChI=1S/C23H18ClFN4O3/c24-18-13-16(27-22(30)17-5-3-15(14-26)12-19(17)25)4-6-20(18)28-7-9-29(10-8-28)23(31)21-2-1-11-32-21/h1-6,11-13H,7-10H2,(H,27,30). The molecule has 2 amide bonds. The lowest BCUT2D eigenvalue weighted by atomic mass is 10.1. The number of amides is 2. The predicted molar refractivity (Wildman–Crippen MR) is 117 cm³/mol. The molecule has 162 valence electrons. The van der Waals surface area contributed by atoms with Gasteiger partial charge in [0.2, 0.25) is 0 Å². The van der Waals surface area contributed by atoms with E-state index in [0.717, 1.165) is 11.8 Å². The summed E-state index contributed by atoms with van der Waals surface area (Å²) in [5, 5.41) is 11.9. The molecule has 3 aromatic rings. The zero-order valence-corrected chi connectivity index (χ0v) is 17.6. The van der Waals surface area contributed by atoms with Gasteiger partial charge in [0.1, 0.15) is 5.82 Å². The summed E-state index contributed by atoms with van der Waals surface area (Å²) in [7, 11) is 0. The molecule has 2 aromatic carbocycles. The number of halogens is 2. The second-order valence-corrected chi connectivity index (χ2v) is 7.59. The number of hydrogen-bond donors (Lipinski definition) is 1. The first kappa shape index (κ1) is 21.4. The smallest absolute Gasteiger partial charge is 0.289 e. The van der Waals surface area contributed by atoms with Gasteiger partial charge in [0.25, 0.3) is 11.8 Å². The maximum atomic E-state index is 14.1. The zero-order valence-electron chi connectivity index (χ0n) is 16.8. The Labute approximate surface area is 188 Å². The van der Waals surface area contributed by atoms with Crippen LogP contribution in [-0.4, -0.2) is 42.9 Å². The monoisotopic (exact) mass is 452 g/mol. The Kier molecular flexibility index (Phi) is 6.10. The Morgan fingerprint density at radius 2 is 1.88 bits per heavy atom. The summed E-state index contributed by atoms with van der Waals surface area (Å²) in [5.41, 5.74) is 1.16. The number of benzene rings is 2. The summed E-state index contributed by atoms with van der Waals surface area (Å²) in [6.07, 6.45) is 1.47. The van der Waals surface area contributed by atoms with E-state index in [1.165, 1.54) is 18.4 Å². The number of rotatable bonds is 4. The fourth-order valence-corrected chi connectivity index (χ4v) is 3.81. The third kappa shape index (κ3) is 4.43. The fraction of sp³-hybridized carbons (Fsp3) is 0.174. The number of carbonyl (C=O) groups excluding carboxylic acids is 2. The van der Waals surface area contributed by atoms with E-state index in [1.54, 1.807) is 35.2 Å². The minimum absolute atomic E-state index is 0.136. The minimum atomic E-state index is -0.772. The van der Waals surface area contributed by atoms with Gasteiger partial charge in [0.15, 0.2) is 5.76 Å². The molecule has 0 atom stereocenters. The molecule has 0 radical (unpaired) electrons. The Hall–Kier alpha value is -3.83. The van der Waals surface area contributed by atoms with Crippen molar-refractivity contribution >= 4 is 34.8 Å². The van der Waals surface area contributed by atoms with Crippen molar-refractivity contribution in [2.24, 2.45) is 0 Å². The van der Waals surface area contributed by atoms with E-state index in [4.69, 9.17) is 21.3 Å². The van der Waals surface area contributed by atoms with E-state index in [1.807, 2.05) is 6.07 Å². The summed E-state index contributed by atoms with van der Waals surface area (Å²) >= 11 is 6.44. The molecular formula is C23H18ClFN4O3. The van der Waals surface area contributed by atoms with Gasteiger partial charge in [-0.3, -0.25) is 9.59 Å². The third-order valence-corrected chi connectivity index (χ3v) is 5.49. The van der Waals surface area contributed by atoms with E-state index in [2.05, 4.69) is 10.2 Å². The first-order valence-electron chi connectivity index (χ1n) is 9.84. The van der Waals surface area contributed by atoms with Crippen molar-refractivity contribution in [3.63, 3.8) is 0 Å². The van der Waals surface area contributed by atoms with Crippen molar-refractivity contribution in [2.75, 3.05) is 36.4 Å². The molecule has 7 nitrogen and oxygen atoms in total. The highest BCUT2D eigenvalue weighted by atomic mass is 35.5. The van der Waals surface area contributed by atoms with E-state index < -0.39 is 11.7 Å². The van der Waals surface area contributed by atoms with Crippen LogP contribution in [-0.2, 0) is 0 Å². The summed E-state index contributed by atoms with van der Waals surface area (Å²) in [5.74, 6) is -1.24. The second kappa shape index (κ2) is 9.12. The topological polar surface area (TPSA) is 89.6 Å². The predicted octanol–water partition coefficient (Wildman–Crippen LogP) is 4.16. The molecule has 0 unspecified atom stereocenters. The van der Waals surface area contributed by atoms with Crippen LogP contribution in [0.15, 0.2) is 59.2 Å². The summed E-state index contributed by atoms with van der Waals surface area (Å²) in [6, 6.07) is 13.9. The van der Waals surface area contributed by atoms with Gasteiger partial charge < -0.3 is 19.5 Å². The van der Waals surface area contributed by atoms with Crippen LogP contribution >= 0.6 is 11.6 Å². The molecule has 1 aromatic heterocycles. The Morgan fingerprint density at radius 1 is 1.09 bits per heavy atom.